The first-order valence-corrected chi connectivity index (χ1v) is 3.07. The van der Waals surface area contributed by atoms with E-state index in [-0.39, 0.29) is 6.42 Å². The van der Waals surface area contributed by atoms with Gasteiger partial charge in [-0.05, 0) is 6.54 Å². The van der Waals surface area contributed by atoms with Crippen LogP contribution in [0.15, 0.2) is 0 Å². The molecule has 0 heterocycles. The Morgan fingerprint density at radius 3 is 2.89 bits per heavy atom. The zero-order valence-electron chi connectivity index (χ0n) is 5.59. The molecule has 0 unspecified atom stereocenters. The number of nitrogens with zero attached hydrogens (tertiary/aromatic N) is 1. The summed E-state index contributed by atoms with van der Waals surface area (Å²) in [7, 11) is 0. The molecular weight excluding hydrogens is 116 g/mol. The van der Waals surface area contributed by atoms with E-state index in [1.165, 1.54) is 0 Å². The number of hydrogen-bond acceptors (Lipinski definition) is 3. The molecule has 3 heteroatoms. The van der Waals surface area contributed by atoms with Crippen LogP contribution in [0.1, 0.15) is 13.3 Å². The van der Waals surface area contributed by atoms with E-state index >= 15 is 0 Å². The highest BCUT2D eigenvalue weighted by Crippen LogP contribution is 1.85. The summed E-state index contributed by atoms with van der Waals surface area (Å²) < 4.78 is 0. The second-order valence-electron chi connectivity index (χ2n) is 1.82. The average Bonchev–Trinajstić information content (AvgIpc) is 1.85. The van der Waals surface area contributed by atoms with Crippen LogP contribution in [0, 0.1) is 11.3 Å². The number of aliphatic hydroxyl groups excluding tert-OH is 1. The fraction of sp³-hybridized carbons (Fsp3) is 0.833. The molecule has 0 spiro atoms. The predicted molar refractivity (Wildman–Crippen MR) is 34.8 cm³/mol. The Kier molecular flexibility index (Phi) is 5.18. The van der Waals surface area contributed by atoms with Crippen molar-refractivity contribution in [3.05, 3.63) is 0 Å². The van der Waals surface area contributed by atoms with Gasteiger partial charge in [-0.3, -0.25) is 0 Å². The van der Waals surface area contributed by atoms with Crippen molar-refractivity contribution in [2.24, 2.45) is 0 Å². The Bertz CT molecular complexity index is 97.7. The SMILES string of the molecule is CCNC[C@H](O)CC#N. The number of aliphatic hydroxyl groups is 1. The molecule has 0 saturated carbocycles. The lowest BCUT2D eigenvalue weighted by Gasteiger charge is -2.04. The zero-order chi connectivity index (χ0) is 7.11. The fourth-order valence-corrected chi connectivity index (χ4v) is 0.488. The van der Waals surface area contributed by atoms with Gasteiger partial charge in [0.1, 0.15) is 0 Å². The molecule has 0 saturated heterocycles. The van der Waals surface area contributed by atoms with Crippen molar-refractivity contribution < 1.29 is 5.11 Å². The molecule has 3 nitrogen and oxygen atoms in total. The van der Waals surface area contributed by atoms with Gasteiger partial charge < -0.3 is 10.4 Å². The third-order valence-electron chi connectivity index (χ3n) is 0.957. The van der Waals surface area contributed by atoms with Gasteiger partial charge in [0.25, 0.3) is 0 Å². The highest BCUT2D eigenvalue weighted by atomic mass is 16.3. The molecule has 0 amide bonds. The first-order valence-electron chi connectivity index (χ1n) is 3.07. The number of likely N-dealkylation sites (N-methyl/N-ethyl adjacent to an activating group) is 1. The van der Waals surface area contributed by atoms with E-state index < -0.39 is 6.10 Å². The van der Waals surface area contributed by atoms with Crippen LogP contribution in [0.25, 0.3) is 0 Å². The first-order chi connectivity index (χ1) is 4.31. The monoisotopic (exact) mass is 128 g/mol. The standard InChI is InChI=1S/C6H12N2O/c1-2-8-5-6(9)3-4-7/h6,8-9H,2-3,5H2,1H3/t6-/m1/s1. The molecule has 0 aromatic rings. The topological polar surface area (TPSA) is 56.0 Å². The van der Waals surface area contributed by atoms with Gasteiger partial charge in [-0.2, -0.15) is 5.26 Å². The summed E-state index contributed by atoms with van der Waals surface area (Å²) >= 11 is 0. The molecule has 0 aliphatic carbocycles. The minimum Gasteiger partial charge on any atom is -0.391 e. The Labute approximate surface area is 55.3 Å². The van der Waals surface area contributed by atoms with Gasteiger partial charge in [0.15, 0.2) is 0 Å². The summed E-state index contributed by atoms with van der Waals surface area (Å²) in [6.45, 7) is 3.31. The minimum atomic E-state index is -0.505. The second-order valence-corrected chi connectivity index (χ2v) is 1.82. The molecule has 0 aliphatic heterocycles. The Hall–Kier alpha value is -0.590. The van der Waals surface area contributed by atoms with Crippen molar-refractivity contribution in [2.75, 3.05) is 13.1 Å². The molecule has 0 fully saturated rings. The minimum absolute atomic E-state index is 0.215. The molecule has 2 N–H and O–H groups in total. The second kappa shape index (κ2) is 5.54. The van der Waals surface area contributed by atoms with Gasteiger partial charge in [0, 0.05) is 6.54 Å². The van der Waals surface area contributed by atoms with Crippen molar-refractivity contribution >= 4 is 0 Å². The largest absolute Gasteiger partial charge is 0.391 e. The van der Waals surface area contributed by atoms with E-state index in [1.807, 2.05) is 13.0 Å². The zero-order valence-corrected chi connectivity index (χ0v) is 5.59. The molecule has 0 aromatic carbocycles. The highest BCUT2D eigenvalue weighted by Gasteiger charge is 1.99. The summed E-state index contributed by atoms with van der Waals surface area (Å²) in [4.78, 5) is 0. The molecule has 52 valence electrons. The third-order valence-corrected chi connectivity index (χ3v) is 0.957. The average molecular weight is 128 g/mol. The van der Waals surface area contributed by atoms with Gasteiger partial charge in [-0.1, -0.05) is 6.92 Å². The summed E-state index contributed by atoms with van der Waals surface area (Å²) in [6, 6.07) is 1.89. The molecule has 1 atom stereocenters. The Morgan fingerprint density at radius 2 is 2.44 bits per heavy atom. The maximum atomic E-state index is 8.90. The number of nitrogens with one attached hydrogen (secondary N) is 1. The molecule has 0 bridgehead atoms. The Morgan fingerprint density at radius 1 is 1.78 bits per heavy atom. The lowest BCUT2D eigenvalue weighted by atomic mass is 10.3. The van der Waals surface area contributed by atoms with Gasteiger partial charge in [0.05, 0.1) is 18.6 Å². The van der Waals surface area contributed by atoms with Crippen molar-refractivity contribution in [3.63, 3.8) is 0 Å². The van der Waals surface area contributed by atoms with Crippen LogP contribution in [0.3, 0.4) is 0 Å². The summed E-state index contributed by atoms with van der Waals surface area (Å²) in [5.74, 6) is 0. The fourth-order valence-electron chi connectivity index (χ4n) is 0.488. The van der Waals surface area contributed by atoms with Crippen molar-refractivity contribution in [2.45, 2.75) is 19.4 Å². The molecule has 0 radical (unpaired) electrons. The quantitative estimate of drug-likeness (QED) is 0.554. The van der Waals surface area contributed by atoms with E-state index in [0.717, 1.165) is 6.54 Å². The summed E-state index contributed by atoms with van der Waals surface area (Å²) in [5.41, 5.74) is 0. The van der Waals surface area contributed by atoms with Crippen LogP contribution >= 0.6 is 0 Å². The van der Waals surface area contributed by atoms with Crippen LogP contribution in [0.5, 0.6) is 0 Å². The number of rotatable bonds is 4. The first kappa shape index (κ1) is 8.41. The van der Waals surface area contributed by atoms with E-state index in [9.17, 15) is 0 Å². The highest BCUT2D eigenvalue weighted by molar-refractivity contribution is 4.75. The van der Waals surface area contributed by atoms with Gasteiger partial charge in [-0.15, -0.1) is 0 Å². The van der Waals surface area contributed by atoms with E-state index in [1.54, 1.807) is 0 Å². The lowest BCUT2D eigenvalue weighted by Crippen LogP contribution is -2.25. The van der Waals surface area contributed by atoms with E-state index in [4.69, 9.17) is 10.4 Å². The van der Waals surface area contributed by atoms with Crippen LogP contribution in [0.2, 0.25) is 0 Å². The van der Waals surface area contributed by atoms with Crippen molar-refractivity contribution in [1.82, 2.24) is 5.32 Å². The van der Waals surface area contributed by atoms with Gasteiger partial charge in [0.2, 0.25) is 0 Å². The lowest BCUT2D eigenvalue weighted by molar-refractivity contribution is 0.177. The molecule has 0 aliphatic rings. The van der Waals surface area contributed by atoms with Crippen LogP contribution < -0.4 is 5.32 Å². The number of nitriles is 1. The van der Waals surface area contributed by atoms with Gasteiger partial charge in [-0.25, -0.2) is 0 Å². The molecule has 0 rings (SSSR count). The maximum absolute atomic E-state index is 8.90. The normalized spacial score (nSPS) is 12.6. The molecule has 9 heavy (non-hydrogen) atoms. The summed E-state index contributed by atoms with van der Waals surface area (Å²) in [5, 5.41) is 19.9. The van der Waals surface area contributed by atoms with E-state index in [0.29, 0.717) is 6.54 Å². The Balaban J connectivity index is 3.08. The number of hydrogen-bond donors (Lipinski definition) is 2. The molecule has 0 aromatic heterocycles. The van der Waals surface area contributed by atoms with Crippen molar-refractivity contribution in [3.8, 4) is 6.07 Å². The molecular formula is C6H12N2O. The maximum Gasteiger partial charge on any atom is 0.0794 e. The third kappa shape index (κ3) is 5.28. The van der Waals surface area contributed by atoms with Crippen LogP contribution in [-0.4, -0.2) is 24.3 Å². The predicted octanol–water partition coefficient (Wildman–Crippen LogP) is -0.130. The van der Waals surface area contributed by atoms with Crippen LogP contribution in [0.4, 0.5) is 0 Å². The van der Waals surface area contributed by atoms with Gasteiger partial charge >= 0.3 is 0 Å². The summed E-state index contributed by atoms with van der Waals surface area (Å²) in [6.07, 6.45) is -0.289. The smallest absolute Gasteiger partial charge is 0.0794 e. The van der Waals surface area contributed by atoms with Crippen molar-refractivity contribution in [1.29, 1.82) is 5.26 Å². The van der Waals surface area contributed by atoms with Crippen LogP contribution in [-0.2, 0) is 0 Å². The van der Waals surface area contributed by atoms with E-state index in [2.05, 4.69) is 5.32 Å².